The first-order chi connectivity index (χ1) is 15.1. The normalized spacial score (nSPS) is 15.7. The first-order valence-electron chi connectivity index (χ1n) is 9.77. The van der Waals surface area contributed by atoms with Gasteiger partial charge in [-0.25, -0.2) is 0 Å². The molecule has 1 atom stereocenters. The molecule has 4 nitrogen and oxygen atoms in total. The van der Waals surface area contributed by atoms with Crippen LogP contribution in [0, 0.1) is 0 Å². The van der Waals surface area contributed by atoms with Gasteiger partial charge in [0.1, 0.15) is 11.5 Å². The zero-order chi connectivity index (χ0) is 21.8. The van der Waals surface area contributed by atoms with Crippen LogP contribution in [0.25, 0.3) is 6.08 Å². The SMILES string of the molecule is COc1ccccc1/C=C/C1=C[C@H](c2ccccc2OC)N(c2ccc(Cl)cc2Cl)N1. The third kappa shape index (κ3) is 4.50. The van der Waals surface area contributed by atoms with Crippen molar-refractivity contribution in [1.82, 2.24) is 5.43 Å². The Bertz CT molecular complexity index is 1140. The second kappa shape index (κ2) is 9.38. The number of methoxy groups -OCH3 is 2. The van der Waals surface area contributed by atoms with Crippen LogP contribution in [0.5, 0.6) is 11.5 Å². The molecule has 3 aromatic rings. The molecule has 0 radical (unpaired) electrons. The minimum Gasteiger partial charge on any atom is -0.496 e. The van der Waals surface area contributed by atoms with E-state index in [2.05, 4.69) is 11.5 Å². The van der Waals surface area contributed by atoms with E-state index >= 15 is 0 Å². The third-order valence-electron chi connectivity index (χ3n) is 5.07. The van der Waals surface area contributed by atoms with Gasteiger partial charge in [-0.15, -0.1) is 0 Å². The standard InChI is InChI=1S/C25H22Cl2N2O2/c1-30-24-9-5-3-7-17(24)11-13-19-16-23(20-8-4-6-10-25(20)31-2)29(28-19)22-14-12-18(26)15-21(22)27/h3-16,23,28H,1-2H3/b13-11+/t23-/m1/s1. The van der Waals surface area contributed by atoms with Crippen LogP contribution in [0.15, 0.2) is 84.6 Å². The predicted octanol–water partition coefficient (Wildman–Crippen LogP) is 6.67. The Morgan fingerprint density at radius 2 is 1.58 bits per heavy atom. The van der Waals surface area contributed by atoms with E-state index in [1.54, 1.807) is 20.3 Å². The maximum Gasteiger partial charge on any atom is 0.126 e. The van der Waals surface area contributed by atoms with Crippen LogP contribution in [-0.2, 0) is 0 Å². The summed E-state index contributed by atoms with van der Waals surface area (Å²) in [4.78, 5) is 0. The van der Waals surface area contributed by atoms with Crippen molar-refractivity contribution in [3.8, 4) is 11.5 Å². The highest BCUT2D eigenvalue weighted by molar-refractivity contribution is 6.36. The lowest BCUT2D eigenvalue weighted by atomic mass is 10.0. The third-order valence-corrected chi connectivity index (χ3v) is 5.61. The molecule has 0 spiro atoms. The van der Waals surface area contributed by atoms with Crippen LogP contribution in [0.1, 0.15) is 17.2 Å². The van der Waals surface area contributed by atoms with E-state index in [0.29, 0.717) is 10.0 Å². The fourth-order valence-electron chi connectivity index (χ4n) is 3.59. The van der Waals surface area contributed by atoms with Gasteiger partial charge in [-0.2, -0.15) is 0 Å². The quantitative estimate of drug-likeness (QED) is 0.452. The second-order valence-corrected chi connectivity index (χ2v) is 7.81. The monoisotopic (exact) mass is 452 g/mol. The minimum atomic E-state index is -0.132. The molecule has 31 heavy (non-hydrogen) atoms. The number of ether oxygens (including phenoxy) is 2. The molecule has 0 fully saturated rings. The number of nitrogens with one attached hydrogen (secondary N) is 1. The summed E-state index contributed by atoms with van der Waals surface area (Å²) in [6.45, 7) is 0. The van der Waals surface area contributed by atoms with Crippen LogP contribution in [0.3, 0.4) is 0 Å². The first-order valence-corrected chi connectivity index (χ1v) is 10.5. The Kier molecular flexibility index (Phi) is 6.40. The van der Waals surface area contributed by atoms with Crippen LogP contribution >= 0.6 is 23.2 Å². The zero-order valence-electron chi connectivity index (χ0n) is 17.2. The van der Waals surface area contributed by atoms with Crippen LogP contribution in [-0.4, -0.2) is 14.2 Å². The van der Waals surface area contributed by atoms with Gasteiger partial charge in [0, 0.05) is 16.1 Å². The lowest BCUT2D eigenvalue weighted by Gasteiger charge is -2.29. The molecular weight excluding hydrogens is 431 g/mol. The summed E-state index contributed by atoms with van der Waals surface area (Å²) in [6.07, 6.45) is 6.17. The molecule has 0 aliphatic carbocycles. The molecule has 0 aromatic heterocycles. The first kappa shape index (κ1) is 21.2. The summed E-state index contributed by atoms with van der Waals surface area (Å²) in [5.74, 6) is 1.62. The lowest BCUT2D eigenvalue weighted by molar-refractivity contribution is 0.407. The highest BCUT2D eigenvalue weighted by Crippen LogP contribution is 2.40. The molecule has 1 heterocycles. The fraction of sp³-hybridized carbons (Fsp3) is 0.120. The fourth-order valence-corrected chi connectivity index (χ4v) is 4.09. The average Bonchev–Trinajstić information content (AvgIpc) is 3.21. The average molecular weight is 453 g/mol. The van der Waals surface area contributed by atoms with Gasteiger partial charge in [0.2, 0.25) is 0 Å². The number of allylic oxidation sites excluding steroid dienone is 1. The Morgan fingerprint density at radius 1 is 0.871 bits per heavy atom. The highest BCUT2D eigenvalue weighted by Gasteiger charge is 2.29. The Hall–Kier alpha value is -3.08. The molecule has 0 bridgehead atoms. The summed E-state index contributed by atoms with van der Waals surface area (Å²) in [5.41, 5.74) is 7.21. The number of para-hydroxylation sites is 2. The number of hydrogen-bond acceptors (Lipinski definition) is 4. The maximum absolute atomic E-state index is 6.54. The lowest BCUT2D eigenvalue weighted by Crippen LogP contribution is -2.34. The Morgan fingerprint density at radius 3 is 2.32 bits per heavy atom. The van der Waals surface area contributed by atoms with Crippen molar-refractivity contribution in [3.63, 3.8) is 0 Å². The molecule has 158 valence electrons. The van der Waals surface area contributed by atoms with Crippen molar-refractivity contribution in [2.75, 3.05) is 19.2 Å². The summed E-state index contributed by atoms with van der Waals surface area (Å²) >= 11 is 12.7. The van der Waals surface area contributed by atoms with Gasteiger partial charge in [0.05, 0.1) is 36.7 Å². The summed E-state index contributed by atoms with van der Waals surface area (Å²) in [6, 6.07) is 21.2. The van der Waals surface area contributed by atoms with E-state index in [1.807, 2.05) is 77.8 Å². The van der Waals surface area contributed by atoms with Gasteiger partial charge in [-0.1, -0.05) is 59.6 Å². The molecule has 1 N–H and O–H groups in total. The van der Waals surface area contributed by atoms with Crippen molar-refractivity contribution >= 4 is 35.0 Å². The van der Waals surface area contributed by atoms with E-state index in [0.717, 1.165) is 34.0 Å². The molecule has 0 saturated carbocycles. The number of hydrazine groups is 1. The molecule has 0 saturated heterocycles. The molecule has 3 aromatic carbocycles. The van der Waals surface area contributed by atoms with Crippen LogP contribution in [0.2, 0.25) is 10.0 Å². The minimum absolute atomic E-state index is 0.132. The summed E-state index contributed by atoms with van der Waals surface area (Å²) < 4.78 is 11.1. The molecule has 0 amide bonds. The molecular formula is C25H22Cl2N2O2. The number of anilines is 1. The Labute approximate surface area is 192 Å². The summed E-state index contributed by atoms with van der Waals surface area (Å²) in [5, 5.41) is 3.16. The molecule has 1 aliphatic rings. The highest BCUT2D eigenvalue weighted by atomic mass is 35.5. The van der Waals surface area contributed by atoms with Crippen molar-refractivity contribution in [1.29, 1.82) is 0 Å². The zero-order valence-corrected chi connectivity index (χ0v) is 18.7. The summed E-state index contributed by atoms with van der Waals surface area (Å²) in [7, 11) is 3.34. The number of halogens is 2. The van der Waals surface area contributed by atoms with E-state index in [4.69, 9.17) is 32.7 Å². The van der Waals surface area contributed by atoms with Crippen molar-refractivity contribution in [2.24, 2.45) is 0 Å². The van der Waals surface area contributed by atoms with Crippen LogP contribution in [0.4, 0.5) is 5.69 Å². The van der Waals surface area contributed by atoms with Gasteiger partial charge < -0.3 is 9.47 Å². The largest absolute Gasteiger partial charge is 0.496 e. The van der Waals surface area contributed by atoms with Gasteiger partial charge in [-0.3, -0.25) is 10.4 Å². The molecule has 4 rings (SSSR count). The predicted molar refractivity (Wildman–Crippen MR) is 128 cm³/mol. The number of rotatable bonds is 6. The Balaban J connectivity index is 1.73. The number of hydrogen-bond donors (Lipinski definition) is 1. The van der Waals surface area contributed by atoms with Gasteiger partial charge in [0.25, 0.3) is 0 Å². The van der Waals surface area contributed by atoms with E-state index in [1.165, 1.54) is 0 Å². The topological polar surface area (TPSA) is 33.7 Å². The molecule has 0 unspecified atom stereocenters. The molecule has 1 aliphatic heterocycles. The van der Waals surface area contributed by atoms with Gasteiger partial charge in [0.15, 0.2) is 0 Å². The van der Waals surface area contributed by atoms with Crippen LogP contribution < -0.4 is 19.9 Å². The molecule has 6 heteroatoms. The smallest absolute Gasteiger partial charge is 0.126 e. The maximum atomic E-state index is 6.54. The van der Waals surface area contributed by atoms with Crippen molar-refractivity contribution < 1.29 is 9.47 Å². The van der Waals surface area contributed by atoms with E-state index in [-0.39, 0.29) is 6.04 Å². The van der Waals surface area contributed by atoms with E-state index in [9.17, 15) is 0 Å². The second-order valence-electron chi connectivity index (χ2n) is 6.96. The van der Waals surface area contributed by atoms with Crippen molar-refractivity contribution in [3.05, 3.63) is 106 Å². The van der Waals surface area contributed by atoms with Gasteiger partial charge >= 0.3 is 0 Å². The number of nitrogens with zero attached hydrogens (tertiary/aromatic N) is 1. The van der Waals surface area contributed by atoms with Gasteiger partial charge in [-0.05, 0) is 48.6 Å². The number of benzene rings is 3. The van der Waals surface area contributed by atoms with E-state index < -0.39 is 0 Å². The van der Waals surface area contributed by atoms with Crippen molar-refractivity contribution in [2.45, 2.75) is 6.04 Å².